The number of carbonyl (C=O) groups is 2. The first-order chi connectivity index (χ1) is 11.9. The molecule has 0 aromatic heterocycles. The minimum atomic E-state index is -0.495. The summed E-state index contributed by atoms with van der Waals surface area (Å²) in [5, 5.41) is 10.3. The number of imide groups is 1. The van der Waals surface area contributed by atoms with Gasteiger partial charge in [0.25, 0.3) is 16.8 Å². The number of thioether (sulfide) groups is 1. The molecule has 3 rings (SSSR count). The van der Waals surface area contributed by atoms with E-state index in [-0.39, 0.29) is 23.4 Å². The minimum absolute atomic E-state index is 0.0342. The normalized spacial score (nSPS) is 15.9. The van der Waals surface area contributed by atoms with Crippen LogP contribution < -0.4 is 0 Å². The van der Waals surface area contributed by atoms with Crippen molar-refractivity contribution in [1.29, 1.82) is 0 Å². The van der Waals surface area contributed by atoms with E-state index in [9.17, 15) is 19.7 Å². The summed E-state index contributed by atoms with van der Waals surface area (Å²) >= 11 is 4.23. The lowest BCUT2D eigenvalue weighted by Crippen LogP contribution is -2.27. The Labute approximate surface area is 155 Å². The standard InChI is InChI=1S/C17H11BrN2O4S/c18-13-5-1-11(2-6-13)9-15-16(21)19(17(22)25-15)10-12-3-7-14(8-4-12)20(23)24/h1-9H,10H2. The summed E-state index contributed by atoms with van der Waals surface area (Å²) < 4.78 is 0.927. The van der Waals surface area contributed by atoms with E-state index in [1.807, 2.05) is 24.3 Å². The van der Waals surface area contributed by atoms with Gasteiger partial charge in [0.2, 0.25) is 0 Å². The Morgan fingerprint density at radius 2 is 1.72 bits per heavy atom. The van der Waals surface area contributed by atoms with Gasteiger partial charge in [-0.25, -0.2) is 0 Å². The van der Waals surface area contributed by atoms with E-state index in [1.54, 1.807) is 18.2 Å². The number of carbonyl (C=O) groups excluding carboxylic acids is 2. The highest BCUT2D eigenvalue weighted by Gasteiger charge is 2.35. The summed E-state index contributed by atoms with van der Waals surface area (Å²) in [5.74, 6) is -0.365. The maximum Gasteiger partial charge on any atom is 0.293 e. The third-order valence-corrected chi connectivity index (χ3v) is 4.97. The van der Waals surface area contributed by atoms with E-state index in [1.165, 1.54) is 12.1 Å². The van der Waals surface area contributed by atoms with Gasteiger partial charge in [0.15, 0.2) is 0 Å². The number of nitro benzene ring substituents is 1. The largest absolute Gasteiger partial charge is 0.293 e. The first-order valence-electron chi connectivity index (χ1n) is 7.18. The molecule has 0 aliphatic carbocycles. The fourth-order valence-electron chi connectivity index (χ4n) is 2.25. The van der Waals surface area contributed by atoms with Crippen molar-refractivity contribution in [2.24, 2.45) is 0 Å². The average Bonchev–Trinajstić information content (AvgIpc) is 2.85. The van der Waals surface area contributed by atoms with Gasteiger partial charge >= 0.3 is 0 Å². The molecular formula is C17H11BrN2O4S. The fraction of sp³-hybridized carbons (Fsp3) is 0.0588. The van der Waals surface area contributed by atoms with Crippen LogP contribution in [-0.2, 0) is 11.3 Å². The summed E-state index contributed by atoms with van der Waals surface area (Å²) in [6.07, 6.45) is 1.67. The van der Waals surface area contributed by atoms with Gasteiger partial charge in [0.05, 0.1) is 16.4 Å². The molecule has 8 heteroatoms. The predicted octanol–water partition coefficient (Wildman–Crippen LogP) is 4.59. The molecule has 0 N–H and O–H groups in total. The maximum atomic E-state index is 12.5. The van der Waals surface area contributed by atoms with E-state index in [0.717, 1.165) is 26.7 Å². The van der Waals surface area contributed by atoms with Crippen molar-refractivity contribution in [1.82, 2.24) is 4.90 Å². The number of benzene rings is 2. The van der Waals surface area contributed by atoms with Crippen LogP contribution in [0.15, 0.2) is 57.9 Å². The monoisotopic (exact) mass is 418 g/mol. The Morgan fingerprint density at radius 1 is 1.08 bits per heavy atom. The van der Waals surface area contributed by atoms with Gasteiger partial charge in [-0.1, -0.05) is 40.2 Å². The number of amides is 2. The Kier molecular flexibility index (Phi) is 5.00. The molecule has 1 fully saturated rings. The number of non-ortho nitro benzene ring substituents is 1. The second kappa shape index (κ2) is 7.20. The fourth-order valence-corrected chi connectivity index (χ4v) is 3.35. The van der Waals surface area contributed by atoms with Crippen LogP contribution in [0.4, 0.5) is 10.5 Å². The zero-order valence-corrected chi connectivity index (χ0v) is 15.1. The van der Waals surface area contributed by atoms with Crippen LogP contribution in [0, 0.1) is 10.1 Å². The van der Waals surface area contributed by atoms with E-state index in [4.69, 9.17) is 0 Å². The van der Waals surface area contributed by atoms with Gasteiger partial charge in [-0.05, 0) is 41.1 Å². The molecule has 0 bridgehead atoms. The molecule has 1 heterocycles. The SMILES string of the molecule is O=C1SC(=Cc2ccc(Br)cc2)C(=O)N1Cc1ccc([N+](=O)[O-])cc1. The van der Waals surface area contributed by atoms with Crippen LogP contribution in [0.25, 0.3) is 6.08 Å². The Hall–Kier alpha value is -2.45. The molecule has 2 aromatic rings. The quantitative estimate of drug-likeness (QED) is 0.411. The number of nitro groups is 1. The van der Waals surface area contributed by atoms with E-state index < -0.39 is 4.92 Å². The Morgan fingerprint density at radius 3 is 2.32 bits per heavy atom. The van der Waals surface area contributed by atoms with E-state index in [2.05, 4.69) is 15.9 Å². The number of nitrogens with zero attached hydrogens (tertiary/aromatic N) is 2. The number of hydrogen-bond acceptors (Lipinski definition) is 5. The first-order valence-corrected chi connectivity index (χ1v) is 8.79. The highest BCUT2D eigenvalue weighted by molar-refractivity contribution is 9.10. The van der Waals surface area contributed by atoms with Crippen LogP contribution in [0.2, 0.25) is 0 Å². The molecule has 0 spiro atoms. The zero-order valence-electron chi connectivity index (χ0n) is 12.7. The predicted molar refractivity (Wildman–Crippen MR) is 98.8 cm³/mol. The van der Waals surface area contributed by atoms with Crippen LogP contribution in [0.5, 0.6) is 0 Å². The van der Waals surface area contributed by atoms with Crippen molar-refractivity contribution >= 4 is 50.6 Å². The van der Waals surface area contributed by atoms with Crippen molar-refractivity contribution in [3.05, 3.63) is 79.2 Å². The summed E-state index contributed by atoms with van der Waals surface area (Å²) in [7, 11) is 0. The molecule has 6 nitrogen and oxygen atoms in total. The summed E-state index contributed by atoms with van der Waals surface area (Å²) in [4.78, 5) is 36.3. The molecule has 2 aromatic carbocycles. The van der Waals surface area contributed by atoms with Crippen LogP contribution in [-0.4, -0.2) is 21.0 Å². The first kappa shape index (κ1) is 17.4. The van der Waals surface area contributed by atoms with Gasteiger partial charge in [-0.3, -0.25) is 24.6 Å². The second-order valence-electron chi connectivity index (χ2n) is 5.24. The Bertz CT molecular complexity index is 879. The average molecular weight is 419 g/mol. The highest BCUT2D eigenvalue weighted by Crippen LogP contribution is 2.33. The molecule has 126 valence electrons. The second-order valence-corrected chi connectivity index (χ2v) is 7.15. The maximum absolute atomic E-state index is 12.5. The van der Waals surface area contributed by atoms with E-state index in [0.29, 0.717) is 10.5 Å². The van der Waals surface area contributed by atoms with Crippen molar-refractivity contribution in [2.75, 3.05) is 0 Å². The molecular weight excluding hydrogens is 408 g/mol. The summed E-state index contributed by atoms with van der Waals surface area (Å²) in [5.41, 5.74) is 1.44. The van der Waals surface area contributed by atoms with Gasteiger partial charge in [-0.15, -0.1) is 0 Å². The van der Waals surface area contributed by atoms with Gasteiger partial charge < -0.3 is 0 Å². The minimum Gasteiger partial charge on any atom is -0.268 e. The highest BCUT2D eigenvalue weighted by atomic mass is 79.9. The zero-order chi connectivity index (χ0) is 18.0. The number of rotatable bonds is 4. The molecule has 0 atom stereocenters. The lowest BCUT2D eigenvalue weighted by Gasteiger charge is -2.12. The molecule has 1 aliphatic rings. The number of hydrogen-bond donors (Lipinski definition) is 0. The third kappa shape index (κ3) is 3.97. The van der Waals surface area contributed by atoms with Crippen LogP contribution >= 0.6 is 27.7 Å². The van der Waals surface area contributed by atoms with Crippen molar-refractivity contribution in [3.63, 3.8) is 0 Å². The van der Waals surface area contributed by atoms with Crippen molar-refractivity contribution in [2.45, 2.75) is 6.54 Å². The lowest BCUT2D eigenvalue weighted by molar-refractivity contribution is -0.384. The van der Waals surface area contributed by atoms with Crippen molar-refractivity contribution < 1.29 is 14.5 Å². The molecule has 0 radical (unpaired) electrons. The van der Waals surface area contributed by atoms with Gasteiger partial charge in [0, 0.05) is 16.6 Å². The molecule has 1 aliphatic heterocycles. The molecule has 25 heavy (non-hydrogen) atoms. The van der Waals surface area contributed by atoms with Crippen molar-refractivity contribution in [3.8, 4) is 0 Å². The molecule has 1 saturated heterocycles. The molecule has 0 unspecified atom stereocenters. The summed E-state index contributed by atoms with van der Waals surface area (Å²) in [6.45, 7) is 0.0837. The smallest absolute Gasteiger partial charge is 0.268 e. The molecule has 2 amide bonds. The Balaban J connectivity index is 1.77. The van der Waals surface area contributed by atoms with Gasteiger partial charge in [0.1, 0.15) is 0 Å². The lowest BCUT2D eigenvalue weighted by atomic mass is 10.2. The van der Waals surface area contributed by atoms with Crippen LogP contribution in [0.3, 0.4) is 0 Å². The van der Waals surface area contributed by atoms with E-state index >= 15 is 0 Å². The summed E-state index contributed by atoms with van der Waals surface area (Å²) in [6, 6.07) is 13.2. The van der Waals surface area contributed by atoms with Crippen LogP contribution in [0.1, 0.15) is 11.1 Å². The third-order valence-electron chi connectivity index (χ3n) is 3.53. The topological polar surface area (TPSA) is 80.5 Å². The van der Waals surface area contributed by atoms with Gasteiger partial charge in [-0.2, -0.15) is 0 Å². The number of halogens is 1. The molecule has 0 saturated carbocycles.